The van der Waals surface area contributed by atoms with E-state index in [1.54, 1.807) is 48.8 Å². The zero-order valence-corrected chi connectivity index (χ0v) is 25.8. The summed E-state index contributed by atoms with van der Waals surface area (Å²) in [6.45, 7) is 0.0952. The lowest BCUT2D eigenvalue weighted by Crippen LogP contribution is -2.50. The number of amides is 2. The molecule has 2 heterocycles. The smallest absolute Gasteiger partial charge is 0.272 e. The van der Waals surface area contributed by atoms with E-state index in [1.165, 1.54) is 30.3 Å². The van der Waals surface area contributed by atoms with Gasteiger partial charge < -0.3 is 20.1 Å². The SMILES string of the molecule is BC(B)(B)NC(=O)c1nnc(N(Cc2ccc(OC)cc2OC)C(=O)C2CC2)cc1Nc1ncc(Cl)cc1S(C)(=O)=O. The van der Waals surface area contributed by atoms with Gasteiger partial charge in [-0.3, -0.25) is 14.5 Å². The van der Waals surface area contributed by atoms with Crippen LogP contribution in [0.2, 0.25) is 5.02 Å². The first-order chi connectivity index (χ1) is 19.7. The molecule has 2 N–H and O–H groups in total. The Hall–Kier alpha value is -3.78. The van der Waals surface area contributed by atoms with Gasteiger partial charge in [0, 0.05) is 36.1 Å². The summed E-state index contributed by atoms with van der Waals surface area (Å²) in [4.78, 5) is 32.2. The van der Waals surface area contributed by atoms with Crippen LogP contribution >= 0.6 is 11.6 Å². The van der Waals surface area contributed by atoms with E-state index >= 15 is 0 Å². The Labute approximate surface area is 252 Å². The van der Waals surface area contributed by atoms with Gasteiger partial charge in [-0.25, -0.2) is 13.4 Å². The number of hydrogen-bond acceptors (Lipinski definition) is 10. The fraction of sp³-hybridized carbons (Fsp3) is 0.320. The third-order valence-corrected chi connectivity index (χ3v) is 7.57. The number of carbonyl (C=O) groups is 2. The number of hydrogen-bond donors (Lipinski definition) is 2. The summed E-state index contributed by atoms with van der Waals surface area (Å²) in [6, 6.07) is 8.00. The van der Waals surface area contributed by atoms with Gasteiger partial charge in [0.2, 0.25) is 5.91 Å². The van der Waals surface area contributed by atoms with Gasteiger partial charge in [-0.2, -0.15) is 0 Å². The summed E-state index contributed by atoms with van der Waals surface area (Å²) in [5.74, 6) is 0.284. The largest absolute Gasteiger partial charge is 0.497 e. The molecule has 1 saturated carbocycles. The number of methoxy groups -OCH3 is 2. The number of nitrogens with one attached hydrogen (secondary N) is 2. The highest BCUT2D eigenvalue weighted by Crippen LogP contribution is 2.36. The van der Waals surface area contributed by atoms with Crippen LogP contribution in [0.4, 0.5) is 17.3 Å². The molecule has 42 heavy (non-hydrogen) atoms. The van der Waals surface area contributed by atoms with Crippen LogP contribution in [0.25, 0.3) is 0 Å². The van der Waals surface area contributed by atoms with Crippen LogP contribution in [0.5, 0.6) is 11.5 Å². The molecule has 218 valence electrons. The standard InChI is InChI=1S/C25H30B3ClN6O6S/c1-40-16-7-6-14(18(9-16)41-2)12-35(24(37)13-4-5-13)20-10-17(21(34-33-20)23(36)32-25(26,27)28)31-22-19(42(3,38)39)8-15(29)11-30-22/h6-11,13H,4-5,12,26-28H2,1-3H3,(H,32,36)(H,30,31,33). The number of sulfone groups is 1. The molecule has 0 atom stereocenters. The van der Waals surface area contributed by atoms with E-state index in [9.17, 15) is 18.0 Å². The fourth-order valence-corrected chi connectivity index (χ4v) is 5.09. The number of nitrogens with zero attached hydrogens (tertiary/aromatic N) is 4. The summed E-state index contributed by atoms with van der Waals surface area (Å²) in [7, 11) is 4.72. The van der Waals surface area contributed by atoms with E-state index < -0.39 is 21.0 Å². The van der Waals surface area contributed by atoms with Gasteiger partial charge in [-0.15, -0.1) is 10.2 Å². The first kappa shape index (κ1) is 31.2. The highest BCUT2D eigenvalue weighted by atomic mass is 35.5. The zero-order chi connectivity index (χ0) is 30.8. The van der Waals surface area contributed by atoms with Crippen LogP contribution in [-0.4, -0.2) is 84.7 Å². The van der Waals surface area contributed by atoms with Crippen LogP contribution in [0.15, 0.2) is 41.4 Å². The molecule has 2 amide bonds. The summed E-state index contributed by atoms with van der Waals surface area (Å²) in [5, 5.41) is 13.7. The average molecular weight is 611 g/mol. The maximum absolute atomic E-state index is 13.5. The minimum atomic E-state index is -3.77. The predicted molar refractivity (Wildman–Crippen MR) is 167 cm³/mol. The molecule has 0 bridgehead atoms. The molecule has 0 radical (unpaired) electrons. The lowest BCUT2D eigenvalue weighted by molar-refractivity contribution is -0.119. The van der Waals surface area contributed by atoms with Crippen molar-refractivity contribution in [3.63, 3.8) is 0 Å². The Balaban J connectivity index is 1.83. The molecule has 0 saturated heterocycles. The van der Waals surface area contributed by atoms with Crippen molar-refractivity contribution in [2.75, 3.05) is 30.7 Å². The number of pyridine rings is 1. The molecule has 1 aromatic carbocycles. The topological polar surface area (TPSA) is 153 Å². The van der Waals surface area contributed by atoms with Gasteiger partial charge in [0.05, 0.1) is 31.5 Å². The molecule has 1 fully saturated rings. The molecule has 4 rings (SSSR count). The van der Waals surface area contributed by atoms with Crippen molar-refractivity contribution in [3.05, 3.63) is 52.8 Å². The Morgan fingerprint density at radius 2 is 1.83 bits per heavy atom. The molecule has 1 aliphatic carbocycles. The summed E-state index contributed by atoms with van der Waals surface area (Å²) >= 11 is 6.03. The zero-order valence-electron chi connectivity index (χ0n) is 24.2. The van der Waals surface area contributed by atoms with Crippen LogP contribution < -0.4 is 25.0 Å². The molecule has 1 aliphatic rings. The van der Waals surface area contributed by atoms with E-state index in [4.69, 9.17) is 21.1 Å². The van der Waals surface area contributed by atoms with Crippen molar-refractivity contribution in [2.24, 2.45) is 5.92 Å². The Bertz CT molecular complexity index is 1640. The summed E-state index contributed by atoms with van der Waals surface area (Å²) in [5.41, 5.74) is 0.666. The van der Waals surface area contributed by atoms with Gasteiger partial charge in [0.1, 0.15) is 45.8 Å². The molecular weight excluding hydrogens is 580 g/mol. The minimum Gasteiger partial charge on any atom is -0.497 e. The second kappa shape index (κ2) is 12.2. The normalized spacial score (nSPS) is 13.2. The number of halogens is 1. The van der Waals surface area contributed by atoms with Gasteiger partial charge in [-0.05, 0) is 36.3 Å². The van der Waals surface area contributed by atoms with Crippen molar-refractivity contribution in [3.8, 4) is 11.5 Å². The quantitative estimate of drug-likeness (QED) is 0.281. The molecule has 12 nitrogen and oxygen atoms in total. The maximum atomic E-state index is 13.5. The summed E-state index contributed by atoms with van der Waals surface area (Å²) in [6.07, 6.45) is 3.79. The van der Waals surface area contributed by atoms with Crippen LogP contribution in [-0.2, 0) is 21.2 Å². The van der Waals surface area contributed by atoms with E-state index in [0.29, 0.717) is 17.1 Å². The van der Waals surface area contributed by atoms with Crippen molar-refractivity contribution < 1.29 is 27.5 Å². The van der Waals surface area contributed by atoms with Crippen LogP contribution in [0.3, 0.4) is 0 Å². The van der Waals surface area contributed by atoms with E-state index in [1.807, 2.05) is 0 Å². The molecular formula is C25H30B3ClN6O6S. The number of aromatic nitrogens is 3. The lowest BCUT2D eigenvalue weighted by Gasteiger charge is -2.25. The molecule has 0 aliphatic heterocycles. The van der Waals surface area contributed by atoms with Gasteiger partial charge >= 0.3 is 0 Å². The highest BCUT2D eigenvalue weighted by Gasteiger charge is 2.36. The first-order valence-electron chi connectivity index (χ1n) is 13.1. The Morgan fingerprint density at radius 3 is 2.43 bits per heavy atom. The van der Waals surface area contributed by atoms with Crippen molar-refractivity contribution in [1.29, 1.82) is 0 Å². The minimum absolute atomic E-state index is 0.0671. The summed E-state index contributed by atoms with van der Waals surface area (Å²) < 4.78 is 35.9. The molecule has 0 unspecified atom stereocenters. The Morgan fingerprint density at radius 1 is 1.12 bits per heavy atom. The van der Waals surface area contributed by atoms with Crippen molar-refractivity contribution >= 4 is 74.1 Å². The second-order valence-electron chi connectivity index (χ2n) is 10.9. The first-order valence-corrected chi connectivity index (χ1v) is 15.3. The number of benzene rings is 1. The predicted octanol–water partition coefficient (Wildman–Crippen LogP) is -0.127. The molecule has 3 aromatic rings. The third-order valence-electron chi connectivity index (χ3n) is 6.25. The Kier molecular flexibility index (Phi) is 9.07. The molecule has 17 heteroatoms. The van der Waals surface area contributed by atoms with Gasteiger partial charge in [0.15, 0.2) is 21.3 Å². The number of carbonyl (C=O) groups excluding carboxylic acids is 2. The van der Waals surface area contributed by atoms with Crippen molar-refractivity contribution in [1.82, 2.24) is 20.5 Å². The monoisotopic (exact) mass is 610 g/mol. The third kappa shape index (κ3) is 7.54. The fourth-order valence-electron chi connectivity index (χ4n) is 4.08. The van der Waals surface area contributed by atoms with Gasteiger partial charge in [0.25, 0.3) is 5.91 Å². The number of ether oxygens (including phenoxy) is 2. The van der Waals surface area contributed by atoms with Crippen LogP contribution in [0, 0.1) is 5.92 Å². The molecule has 2 aromatic heterocycles. The lowest BCUT2D eigenvalue weighted by atomic mass is 9.49. The maximum Gasteiger partial charge on any atom is 0.272 e. The highest BCUT2D eigenvalue weighted by molar-refractivity contribution is 7.90. The van der Waals surface area contributed by atoms with Crippen LogP contribution in [0.1, 0.15) is 28.9 Å². The van der Waals surface area contributed by atoms with E-state index in [0.717, 1.165) is 19.1 Å². The van der Waals surface area contributed by atoms with E-state index in [-0.39, 0.29) is 51.3 Å². The van der Waals surface area contributed by atoms with Gasteiger partial charge in [-0.1, -0.05) is 11.6 Å². The van der Waals surface area contributed by atoms with E-state index in [2.05, 4.69) is 25.8 Å². The molecule has 0 spiro atoms. The number of anilines is 3. The average Bonchev–Trinajstić information content (AvgIpc) is 3.76. The van der Waals surface area contributed by atoms with Crippen molar-refractivity contribution in [2.45, 2.75) is 29.5 Å². The second-order valence-corrected chi connectivity index (χ2v) is 13.4. The number of rotatable bonds is 11.